The van der Waals surface area contributed by atoms with Gasteiger partial charge in [-0.1, -0.05) is 37.0 Å². The molecule has 0 fully saturated rings. The van der Waals surface area contributed by atoms with Crippen molar-refractivity contribution in [1.82, 2.24) is 0 Å². The zero-order valence-corrected chi connectivity index (χ0v) is 13.4. The van der Waals surface area contributed by atoms with E-state index < -0.39 is 0 Å². The quantitative estimate of drug-likeness (QED) is 0.792. The van der Waals surface area contributed by atoms with Crippen LogP contribution in [-0.4, -0.2) is 13.2 Å². The van der Waals surface area contributed by atoms with Gasteiger partial charge in [-0.05, 0) is 49.8 Å². The summed E-state index contributed by atoms with van der Waals surface area (Å²) >= 11 is 12.5. The summed E-state index contributed by atoms with van der Waals surface area (Å²) < 4.78 is 5.42. The van der Waals surface area contributed by atoms with Crippen LogP contribution in [0.1, 0.15) is 39.2 Å². The molecule has 0 radical (unpaired) electrons. The lowest BCUT2D eigenvalue weighted by molar-refractivity contribution is 0.313. The maximum atomic E-state index is 6.28. The third kappa shape index (κ3) is 5.21. The van der Waals surface area contributed by atoms with Crippen LogP contribution in [0.3, 0.4) is 0 Å². The molecule has 0 saturated carbocycles. The topological polar surface area (TPSA) is 35.2 Å². The molecule has 4 heteroatoms. The smallest absolute Gasteiger partial charge is 0.139 e. The third-order valence-corrected chi connectivity index (χ3v) is 3.94. The first kappa shape index (κ1) is 16.6. The highest BCUT2D eigenvalue weighted by atomic mass is 35.5. The second-order valence-corrected chi connectivity index (χ2v) is 6.32. The van der Waals surface area contributed by atoms with E-state index in [4.69, 9.17) is 33.7 Å². The van der Waals surface area contributed by atoms with E-state index in [1.165, 1.54) is 0 Å². The molecule has 0 unspecified atom stereocenters. The fourth-order valence-corrected chi connectivity index (χ4v) is 2.51. The van der Waals surface area contributed by atoms with Crippen LogP contribution in [0.25, 0.3) is 0 Å². The number of hydrogen-bond donors (Lipinski definition) is 1. The van der Waals surface area contributed by atoms with Crippen LogP contribution >= 0.6 is 23.2 Å². The van der Waals surface area contributed by atoms with Crippen molar-refractivity contribution in [3.8, 4) is 5.75 Å². The SMILES string of the molecule is CCOc1cc(Cl)c(CCC(C)(C)CCN)cc1Cl. The first-order valence-electron chi connectivity index (χ1n) is 6.70. The minimum atomic E-state index is 0.225. The summed E-state index contributed by atoms with van der Waals surface area (Å²) in [4.78, 5) is 0. The number of hydrogen-bond acceptors (Lipinski definition) is 2. The Morgan fingerprint density at radius 2 is 1.84 bits per heavy atom. The highest BCUT2D eigenvalue weighted by Crippen LogP contribution is 2.34. The van der Waals surface area contributed by atoms with Gasteiger partial charge in [0.25, 0.3) is 0 Å². The Morgan fingerprint density at radius 1 is 1.16 bits per heavy atom. The van der Waals surface area contributed by atoms with E-state index >= 15 is 0 Å². The number of nitrogens with two attached hydrogens (primary N) is 1. The molecule has 0 aliphatic carbocycles. The Bertz CT molecular complexity index is 419. The minimum Gasteiger partial charge on any atom is -0.492 e. The summed E-state index contributed by atoms with van der Waals surface area (Å²) in [5.74, 6) is 0.652. The van der Waals surface area contributed by atoms with E-state index in [1.807, 2.05) is 13.0 Å². The maximum absolute atomic E-state index is 6.28. The highest BCUT2D eigenvalue weighted by Gasteiger charge is 2.18. The van der Waals surface area contributed by atoms with Crippen LogP contribution in [0.2, 0.25) is 10.0 Å². The van der Waals surface area contributed by atoms with Crippen molar-refractivity contribution in [2.24, 2.45) is 11.1 Å². The van der Waals surface area contributed by atoms with Crippen molar-refractivity contribution >= 4 is 23.2 Å². The molecule has 108 valence electrons. The second kappa shape index (κ2) is 7.37. The van der Waals surface area contributed by atoms with Crippen molar-refractivity contribution in [1.29, 1.82) is 0 Å². The van der Waals surface area contributed by atoms with Crippen LogP contribution in [0.5, 0.6) is 5.75 Å². The standard InChI is InChI=1S/C15H23Cl2NO/c1-4-19-14-10-12(16)11(9-13(14)17)5-6-15(2,3)7-8-18/h9-10H,4-8,18H2,1-3H3. The third-order valence-electron chi connectivity index (χ3n) is 3.29. The molecule has 0 aliphatic rings. The van der Waals surface area contributed by atoms with Gasteiger partial charge in [0, 0.05) is 11.1 Å². The van der Waals surface area contributed by atoms with Crippen molar-refractivity contribution < 1.29 is 4.74 Å². The lowest BCUT2D eigenvalue weighted by atomic mass is 9.83. The van der Waals surface area contributed by atoms with Crippen molar-refractivity contribution in [2.75, 3.05) is 13.2 Å². The van der Waals surface area contributed by atoms with Gasteiger partial charge >= 0.3 is 0 Å². The van der Waals surface area contributed by atoms with Gasteiger partial charge in [0.2, 0.25) is 0 Å². The average molecular weight is 304 g/mol. The Kier molecular flexibility index (Phi) is 6.45. The molecular formula is C15H23Cl2NO. The van der Waals surface area contributed by atoms with Gasteiger partial charge in [-0.3, -0.25) is 0 Å². The molecule has 0 aliphatic heterocycles. The van der Waals surface area contributed by atoms with Gasteiger partial charge in [-0.25, -0.2) is 0 Å². The molecule has 0 atom stereocenters. The summed E-state index contributed by atoms with van der Waals surface area (Å²) in [7, 11) is 0. The van der Waals surface area contributed by atoms with E-state index in [0.29, 0.717) is 23.9 Å². The molecule has 1 aromatic rings. The van der Waals surface area contributed by atoms with Crippen molar-refractivity contribution in [2.45, 2.75) is 40.0 Å². The van der Waals surface area contributed by atoms with Crippen LogP contribution in [0, 0.1) is 5.41 Å². The first-order chi connectivity index (χ1) is 8.89. The molecule has 0 bridgehead atoms. The van der Waals surface area contributed by atoms with Crippen molar-refractivity contribution in [3.05, 3.63) is 27.7 Å². The maximum Gasteiger partial charge on any atom is 0.139 e. The predicted octanol–water partition coefficient (Wildman–Crippen LogP) is 4.70. The molecule has 19 heavy (non-hydrogen) atoms. The molecule has 0 saturated heterocycles. The van der Waals surface area contributed by atoms with Crippen LogP contribution in [0.4, 0.5) is 0 Å². The Morgan fingerprint density at radius 3 is 2.42 bits per heavy atom. The number of ether oxygens (including phenoxy) is 1. The van der Waals surface area contributed by atoms with Gasteiger partial charge in [-0.15, -0.1) is 0 Å². The van der Waals surface area contributed by atoms with Crippen LogP contribution in [0.15, 0.2) is 12.1 Å². The largest absolute Gasteiger partial charge is 0.492 e. The Balaban J connectivity index is 2.77. The van der Waals surface area contributed by atoms with E-state index in [-0.39, 0.29) is 5.41 Å². The predicted molar refractivity (Wildman–Crippen MR) is 83.4 cm³/mol. The van der Waals surface area contributed by atoms with Gasteiger partial charge < -0.3 is 10.5 Å². The highest BCUT2D eigenvalue weighted by molar-refractivity contribution is 6.34. The van der Waals surface area contributed by atoms with Gasteiger partial charge in [0.05, 0.1) is 11.6 Å². The van der Waals surface area contributed by atoms with Crippen molar-refractivity contribution in [3.63, 3.8) is 0 Å². The number of benzene rings is 1. The normalized spacial score (nSPS) is 11.7. The lowest BCUT2D eigenvalue weighted by Gasteiger charge is -2.24. The number of aryl methyl sites for hydroxylation is 1. The van der Waals surface area contributed by atoms with Crippen LogP contribution in [-0.2, 0) is 6.42 Å². The summed E-state index contributed by atoms with van der Waals surface area (Å²) in [5, 5.41) is 1.34. The fourth-order valence-electron chi connectivity index (χ4n) is 2.02. The van der Waals surface area contributed by atoms with Gasteiger partial charge in [0.15, 0.2) is 0 Å². The molecule has 0 spiro atoms. The summed E-state index contributed by atoms with van der Waals surface area (Å²) in [6.07, 6.45) is 2.95. The molecule has 1 aromatic carbocycles. The Labute approximate surface area is 126 Å². The van der Waals surface area contributed by atoms with E-state index in [1.54, 1.807) is 6.07 Å². The molecule has 0 amide bonds. The van der Waals surface area contributed by atoms with E-state index in [9.17, 15) is 0 Å². The Hall–Kier alpha value is -0.440. The van der Waals surface area contributed by atoms with E-state index in [2.05, 4.69) is 13.8 Å². The lowest BCUT2D eigenvalue weighted by Crippen LogP contribution is -2.17. The molecule has 1 rings (SSSR count). The molecule has 2 N–H and O–H groups in total. The first-order valence-corrected chi connectivity index (χ1v) is 7.46. The van der Waals surface area contributed by atoms with Gasteiger partial charge in [-0.2, -0.15) is 0 Å². The summed E-state index contributed by atoms with van der Waals surface area (Å²) in [6, 6.07) is 3.71. The zero-order chi connectivity index (χ0) is 14.5. The van der Waals surface area contributed by atoms with E-state index in [0.717, 1.165) is 29.8 Å². The molecular weight excluding hydrogens is 281 g/mol. The minimum absolute atomic E-state index is 0.225. The zero-order valence-electron chi connectivity index (χ0n) is 11.9. The fraction of sp³-hybridized carbons (Fsp3) is 0.600. The number of halogens is 2. The molecule has 0 aromatic heterocycles. The second-order valence-electron chi connectivity index (χ2n) is 5.51. The molecule has 0 heterocycles. The summed E-state index contributed by atoms with van der Waals surface area (Å²) in [5.41, 5.74) is 6.92. The summed E-state index contributed by atoms with van der Waals surface area (Å²) in [6.45, 7) is 7.67. The van der Waals surface area contributed by atoms with Gasteiger partial charge in [0.1, 0.15) is 5.75 Å². The number of rotatable bonds is 7. The molecule has 2 nitrogen and oxygen atoms in total. The monoisotopic (exact) mass is 303 g/mol. The van der Waals surface area contributed by atoms with Crippen LogP contribution < -0.4 is 10.5 Å². The average Bonchev–Trinajstić information content (AvgIpc) is 2.32.